The van der Waals surface area contributed by atoms with Gasteiger partial charge in [0, 0.05) is 18.3 Å². The Morgan fingerprint density at radius 1 is 1.26 bits per heavy atom. The summed E-state index contributed by atoms with van der Waals surface area (Å²) >= 11 is 5.15. The second-order valence-corrected chi connectivity index (χ2v) is 6.20. The lowest BCUT2D eigenvalue weighted by Gasteiger charge is -2.12. The molecule has 0 aliphatic carbocycles. The zero-order chi connectivity index (χ0) is 13.7. The van der Waals surface area contributed by atoms with Gasteiger partial charge in [-0.05, 0) is 52.0 Å². The number of ether oxygens (including phenoxy) is 2. The van der Waals surface area contributed by atoms with Gasteiger partial charge in [0.15, 0.2) is 11.5 Å². The van der Waals surface area contributed by atoms with Crippen LogP contribution in [0.25, 0.3) is 0 Å². The second kappa shape index (κ2) is 6.82. The highest BCUT2D eigenvalue weighted by Gasteiger charge is 2.05. The van der Waals surface area contributed by atoms with E-state index in [-0.39, 0.29) is 0 Å². The third-order valence-corrected chi connectivity index (χ3v) is 4.14. The Balaban J connectivity index is 2.04. The molecule has 0 amide bonds. The fraction of sp³-hybridized carbons (Fsp3) is 0.286. The van der Waals surface area contributed by atoms with Crippen molar-refractivity contribution in [3.63, 3.8) is 0 Å². The highest BCUT2D eigenvalue weighted by atomic mass is 79.9. The third-order valence-electron chi connectivity index (χ3n) is 2.58. The molecule has 0 aliphatic rings. The number of halogens is 1. The topological polar surface area (TPSA) is 30.5 Å². The molecule has 5 heteroatoms. The van der Waals surface area contributed by atoms with E-state index >= 15 is 0 Å². The Morgan fingerprint density at radius 3 is 2.74 bits per heavy atom. The van der Waals surface area contributed by atoms with Gasteiger partial charge in [0.05, 0.1) is 17.5 Å². The summed E-state index contributed by atoms with van der Waals surface area (Å²) in [6, 6.07) is 7.99. The summed E-state index contributed by atoms with van der Waals surface area (Å²) in [7, 11) is 1.65. The number of nitrogens with one attached hydrogen (secondary N) is 1. The molecule has 19 heavy (non-hydrogen) atoms. The van der Waals surface area contributed by atoms with E-state index in [4.69, 9.17) is 9.47 Å². The molecule has 1 N–H and O–H groups in total. The van der Waals surface area contributed by atoms with Gasteiger partial charge in [0.1, 0.15) is 0 Å². The molecule has 102 valence electrons. The van der Waals surface area contributed by atoms with Crippen LogP contribution in [-0.4, -0.2) is 13.7 Å². The van der Waals surface area contributed by atoms with E-state index < -0.39 is 0 Å². The molecule has 0 bridgehead atoms. The SMILES string of the molecule is CCOc1ccc(NCc2csc(Br)c2)cc1OC. The van der Waals surface area contributed by atoms with Crippen molar-refractivity contribution in [3.05, 3.63) is 39.0 Å². The lowest BCUT2D eigenvalue weighted by atomic mass is 10.2. The first kappa shape index (κ1) is 14.2. The van der Waals surface area contributed by atoms with Crippen LogP contribution in [0.3, 0.4) is 0 Å². The maximum Gasteiger partial charge on any atom is 0.162 e. The lowest BCUT2D eigenvalue weighted by molar-refractivity contribution is 0.311. The summed E-state index contributed by atoms with van der Waals surface area (Å²) in [4.78, 5) is 0. The van der Waals surface area contributed by atoms with Gasteiger partial charge in [0.25, 0.3) is 0 Å². The normalized spacial score (nSPS) is 10.3. The molecular weight excluding hydrogens is 326 g/mol. The fourth-order valence-electron chi connectivity index (χ4n) is 1.69. The van der Waals surface area contributed by atoms with Crippen LogP contribution in [-0.2, 0) is 6.54 Å². The van der Waals surface area contributed by atoms with Gasteiger partial charge in [-0.3, -0.25) is 0 Å². The quantitative estimate of drug-likeness (QED) is 0.837. The van der Waals surface area contributed by atoms with Crippen LogP contribution in [0.4, 0.5) is 5.69 Å². The molecule has 0 unspecified atom stereocenters. The van der Waals surface area contributed by atoms with Crippen LogP contribution >= 0.6 is 27.3 Å². The van der Waals surface area contributed by atoms with Crippen LogP contribution in [0.2, 0.25) is 0 Å². The molecule has 0 aliphatic heterocycles. The number of benzene rings is 1. The standard InChI is InChI=1S/C14H16BrNO2S/c1-3-18-12-5-4-11(7-13(12)17-2)16-8-10-6-14(15)19-9-10/h4-7,9,16H,3,8H2,1-2H3. The van der Waals surface area contributed by atoms with Crippen molar-refractivity contribution in [2.75, 3.05) is 19.0 Å². The van der Waals surface area contributed by atoms with E-state index in [9.17, 15) is 0 Å². The molecule has 0 fully saturated rings. The summed E-state index contributed by atoms with van der Waals surface area (Å²) in [5.74, 6) is 1.52. The Labute approximate surface area is 125 Å². The first-order valence-electron chi connectivity index (χ1n) is 6.00. The highest BCUT2D eigenvalue weighted by molar-refractivity contribution is 9.11. The van der Waals surface area contributed by atoms with Crippen LogP contribution < -0.4 is 14.8 Å². The zero-order valence-electron chi connectivity index (χ0n) is 10.9. The van der Waals surface area contributed by atoms with Crippen molar-refractivity contribution in [2.24, 2.45) is 0 Å². The summed E-state index contributed by atoms with van der Waals surface area (Å²) < 4.78 is 12.0. The summed E-state index contributed by atoms with van der Waals surface area (Å²) in [5, 5.41) is 5.50. The highest BCUT2D eigenvalue weighted by Crippen LogP contribution is 2.30. The van der Waals surface area contributed by atoms with E-state index in [1.807, 2.05) is 25.1 Å². The number of hydrogen-bond donors (Lipinski definition) is 1. The average Bonchev–Trinajstić information content (AvgIpc) is 2.83. The van der Waals surface area contributed by atoms with E-state index in [2.05, 4.69) is 32.7 Å². The maximum absolute atomic E-state index is 5.49. The van der Waals surface area contributed by atoms with Gasteiger partial charge in [-0.15, -0.1) is 11.3 Å². The smallest absolute Gasteiger partial charge is 0.162 e. The van der Waals surface area contributed by atoms with Crippen molar-refractivity contribution in [1.29, 1.82) is 0 Å². The Bertz CT molecular complexity index is 542. The third kappa shape index (κ3) is 3.88. The minimum Gasteiger partial charge on any atom is -0.493 e. The number of methoxy groups -OCH3 is 1. The lowest BCUT2D eigenvalue weighted by Crippen LogP contribution is -2.00. The van der Waals surface area contributed by atoms with Crippen LogP contribution in [0.1, 0.15) is 12.5 Å². The van der Waals surface area contributed by atoms with Crippen molar-refractivity contribution < 1.29 is 9.47 Å². The van der Waals surface area contributed by atoms with Crippen molar-refractivity contribution in [3.8, 4) is 11.5 Å². The van der Waals surface area contributed by atoms with E-state index in [1.165, 1.54) is 5.56 Å². The first-order valence-corrected chi connectivity index (χ1v) is 7.67. The minimum absolute atomic E-state index is 0.631. The largest absolute Gasteiger partial charge is 0.493 e. The first-order chi connectivity index (χ1) is 9.22. The van der Waals surface area contributed by atoms with Crippen molar-refractivity contribution in [1.82, 2.24) is 0 Å². The van der Waals surface area contributed by atoms with Crippen LogP contribution in [0.15, 0.2) is 33.4 Å². The summed E-state index contributed by atoms with van der Waals surface area (Å²) in [6.07, 6.45) is 0. The van der Waals surface area contributed by atoms with E-state index in [0.29, 0.717) is 6.61 Å². The fourth-order valence-corrected chi connectivity index (χ4v) is 2.90. The molecule has 2 rings (SSSR count). The number of hydrogen-bond acceptors (Lipinski definition) is 4. The van der Waals surface area contributed by atoms with E-state index in [1.54, 1.807) is 18.4 Å². The van der Waals surface area contributed by atoms with Gasteiger partial charge in [-0.25, -0.2) is 0 Å². The monoisotopic (exact) mass is 341 g/mol. The van der Waals surface area contributed by atoms with Gasteiger partial charge < -0.3 is 14.8 Å². The number of rotatable bonds is 6. The van der Waals surface area contributed by atoms with Gasteiger partial charge >= 0.3 is 0 Å². The molecule has 0 spiro atoms. The number of thiophene rings is 1. The van der Waals surface area contributed by atoms with Crippen molar-refractivity contribution >= 4 is 33.0 Å². The molecule has 0 atom stereocenters. The molecule has 1 aromatic carbocycles. The Morgan fingerprint density at radius 2 is 2.11 bits per heavy atom. The predicted octanol–water partition coefficient (Wildman–Crippen LogP) is 4.53. The molecular formula is C14H16BrNO2S. The van der Waals surface area contributed by atoms with Gasteiger partial charge in [-0.2, -0.15) is 0 Å². The Hall–Kier alpha value is -1.20. The Kier molecular flexibility index (Phi) is 5.10. The summed E-state index contributed by atoms with van der Waals surface area (Å²) in [5.41, 5.74) is 2.27. The molecule has 2 aromatic rings. The molecule has 1 heterocycles. The average molecular weight is 342 g/mol. The number of anilines is 1. The molecule has 3 nitrogen and oxygen atoms in total. The molecule has 0 saturated heterocycles. The second-order valence-electron chi connectivity index (χ2n) is 3.91. The molecule has 1 aromatic heterocycles. The van der Waals surface area contributed by atoms with Crippen molar-refractivity contribution in [2.45, 2.75) is 13.5 Å². The maximum atomic E-state index is 5.49. The zero-order valence-corrected chi connectivity index (χ0v) is 13.3. The molecule has 0 radical (unpaired) electrons. The van der Waals surface area contributed by atoms with Gasteiger partial charge in [-0.1, -0.05) is 0 Å². The van der Waals surface area contributed by atoms with Crippen LogP contribution in [0.5, 0.6) is 11.5 Å². The predicted molar refractivity (Wildman–Crippen MR) is 83.5 cm³/mol. The van der Waals surface area contributed by atoms with Crippen LogP contribution in [0, 0.1) is 0 Å². The summed E-state index contributed by atoms with van der Waals surface area (Å²) in [6.45, 7) is 3.38. The van der Waals surface area contributed by atoms with Gasteiger partial charge in [0.2, 0.25) is 0 Å². The minimum atomic E-state index is 0.631. The molecule has 0 saturated carbocycles. The van der Waals surface area contributed by atoms with E-state index in [0.717, 1.165) is 27.5 Å².